The van der Waals surface area contributed by atoms with Crippen molar-refractivity contribution >= 4 is 5.97 Å². The van der Waals surface area contributed by atoms with E-state index in [2.05, 4.69) is 4.74 Å². The molecule has 0 fully saturated rings. The fourth-order valence-electron chi connectivity index (χ4n) is 2.10. The first-order chi connectivity index (χ1) is 7.22. The molecule has 80 valence electrons. The normalized spacial score (nSPS) is 19.5. The number of benzene rings is 1. The number of rotatable bonds is 1. The smallest absolute Gasteiger partial charge is 0.337 e. The lowest BCUT2D eigenvalue weighted by molar-refractivity contribution is 0.0600. The number of hydrogen-bond donors (Lipinski definition) is 1. The van der Waals surface area contributed by atoms with Gasteiger partial charge in [0.25, 0.3) is 0 Å². The van der Waals surface area contributed by atoms with Gasteiger partial charge in [-0.3, -0.25) is 0 Å². The maximum atomic E-state index is 11.3. The van der Waals surface area contributed by atoms with Crippen molar-refractivity contribution in [2.24, 2.45) is 5.73 Å². The van der Waals surface area contributed by atoms with Crippen molar-refractivity contribution < 1.29 is 9.53 Å². The van der Waals surface area contributed by atoms with Crippen molar-refractivity contribution in [1.29, 1.82) is 0 Å². The van der Waals surface area contributed by atoms with Crippen LogP contribution in [0.5, 0.6) is 0 Å². The third-order valence-corrected chi connectivity index (χ3v) is 2.92. The topological polar surface area (TPSA) is 52.3 Å². The average Bonchev–Trinajstić information content (AvgIpc) is 2.28. The highest BCUT2D eigenvalue weighted by atomic mass is 16.5. The van der Waals surface area contributed by atoms with E-state index in [4.69, 9.17) is 5.73 Å². The van der Waals surface area contributed by atoms with Gasteiger partial charge in [-0.25, -0.2) is 4.79 Å². The van der Waals surface area contributed by atoms with Gasteiger partial charge < -0.3 is 10.5 Å². The predicted molar refractivity (Wildman–Crippen MR) is 57.6 cm³/mol. The number of hydrogen-bond acceptors (Lipinski definition) is 3. The van der Waals surface area contributed by atoms with Gasteiger partial charge in [0, 0.05) is 6.04 Å². The fraction of sp³-hybridized carbons (Fsp3) is 0.417. The lowest BCUT2D eigenvalue weighted by Crippen LogP contribution is -2.18. The van der Waals surface area contributed by atoms with Crippen LogP contribution < -0.4 is 5.73 Å². The Morgan fingerprint density at radius 1 is 1.53 bits per heavy atom. The van der Waals surface area contributed by atoms with Crippen LogP contribution in [0.2, 0.25) is 0 Å². The Kier molecular flexibility index (Phi) is 2.73. The fourth-order valence-corrected chi connectivity index (χ4v) is 2.10. The van der Waals surface area contributed by atoms with Crippen LogP contribution in [0.25, 0.3) is 0 Å². The molecule has 2 N–H and O–H groups in total. The standard InChI is InChI=1S/C12H15NO2/c1-15-12(14)9-5-6-10-8(7-9)3-2-4-11(10)13/h5-7,11H,2-4,13H2,1H3. The molecule has 1 aliphatic carbocycles. The molecule has 3 heteroatoms. The van der Waals surface area contributed by atoms with Crippen LogP contribution in [0.15, 0.2) is 18.2 Å². The molecule has 0 aliphatic heterocycles. The predicted octanol–water partition coefficient (Wildman–Crippen LogP) is 1.81. The third-order valence-electron chi connectivity index (χ3n) is 2.92. The van der Waals surface area contributed by atoms with Gasteiger partial charge in [0.2, 0.25) is 0 Å². The molecule has 1 atom stereocenters. The Morgan fingerprint density at radius 2 is 2.33 bits per heavy atom. The first kappa shape index (κ1) is 10.2. The number of carbonyl (C=O) groups is 1. The van der Waals surface area contributed by atoms with E-state index in [9.17, 15) is 4.79 Å². The molecule has 0 bridgehead atoms. The van der Waals surface area contributed by atoms with Crippen molar-refractivity contribution in [3.05, 3.63) is 34.9 Å². The molecule has 3 nitrogen and oxygen atoms in total. The van der Waals surface area contributed by atoms with Gasteiger partial charge in [0.1, 0.15) is 0 Å². The summed E-state index contributed by atoms with van der Waals surface area (Å²) in [4.78, 5) is 11.3. The summed E-state index contributed by atoms with van der Waals surface area (Å²) in [6.45, 7) is 0. The summed E-state index contributed by atoms with van der Waals surface area (Å²) >= 11 is 0. The van der Waals surface area contributed by atoms with E-state index in [0.29, 0.717) is 5.56 Å². The molecule has 0 saturated heterocycles. The van der Waals surface area contributed by atoms with Crippen molar-refractivity contribution in [3.8, 4) is 0 Å². The molecule has 1 unspecified atom stereocenters. The summed E-state index contributed by atoms with van der Waals surface area (Å²) in [7, 11) is 1.40. The molecular formula is C12H15NO2. The van der Waals surface area contributed by atoms with Gasteiger partial charge in [-0.2, -0.15) is 0 Å². The van der Waals surface area contributed by atoms with Crippen LogP contribution >= 0.6 is 0 Å². The zero-order valence-corrected chi connectivity index (χ0v) is 8.82. The van der Waals surface area contributed by atoms with E-state index in [1.807, 2.05) is 12.1 Å². The molecular weight excluding hydrogens is 190 g/mol. The largest absolute Gasteiger partial charge is 0.465 e. The Balaban J connectivity index is 2.37. The first-order valence-corrected chi connectivity index (χ1v) is 5.19. The summed E-state index contributed by atoms with van der Waals surface area (Å²) in [5.74, 6) is -0.281. The molecule has 0 saturated carbocycles. The molecule has 1 aromatic carbocycles. The summed E-state index contributed by atoms with van der Waals surface area (Å²) in [6, 6.07) is 5.77. The van der Waals surface area contributed by atoms with Crippen LogP contribution in [-0.2, 0) is 11.2 Å². The van der Waals surface area contributed by atoms with Gasteiger partial charge in [0.05, 0.1) is 12.7 Å². The van der Waals surface area contributed by atoms with Gasteiger partial charge in [-0.05, 0) is 42.5 Å². The maximum Gasteiger partial charge on any atom is 0.337 e. The molecule has 2 rings (SSSR count). The number of carbonyl (C=O) groups excluding carboxylic acids is 1. The second-order valence-electron chi connectivity index (χ2n) is 3.90. The second-order valence-corrected chi connectivity index (χ2v) is 3.90. The Bertz CT molecular complexity index is 387. The Hall–Kier alpha value is -1.35. The minimum atomic E-state index is -0.281. The quantitative estimate of drug-likeness (QED) is 0.711. The lowest BCUT2D eigenvalue weighted by atomic mass is 9.87. The number of fused-ring (bicyclic) bond motifs is 1. The minimum Gasteiger partial charge on any atom is -0.465 e. The van der Waals surface area contributed by atoms with E-state index in [1.165, 1.54) is 18.2 Å². The van der Waals surface area contributed by atoms with E-state index < -0.39 is 0 Å². The highest BCUT2D eigenvalue weighted by Crippen LogP contribution is 2.28. The number of esters is 1. The number of methoxy groups -OCH3 is 1. The van der Waals surface area contributed by atoms with E-state index in [-0.39, 0.29) is 12.0 Å². The SMILES string of the molecule is COC(=O)c1ccc2c(c1)CCCC2N. The van der Waals surface area contributed by atoms with Crippen molar-refractivity contribution in [2.45, 2.75) is 25.3 Å². The summed E-state index contributed by atoms with van der Waals surface area (Å²) in [5.41, 5.74) is 8.97. The molecule has 0 spiro atoms. The van der Waals surface area contributed by atoms with Crippen LogP contribution in [0.1, 0.15) is 40.4 Å². The van der Waals surface area contributed by atoms with Gasteiger partial charge in [-0.15, -0.1) is 0 Å². The van der Waals surface area contributed by atoms with Crippen LogP contribution in [-0.4, -0.2) is 13.1 Å². The van der Waals surface area contributed by atoms with Crippen molar-refractivity contribution in [2.75, 3.05) is 7.11 Å². The van der Waals surface area contributed by atoms with Crippen LogP contribution in [0, 0.1) is 0 Å². The summed E-state index contributed by atoms with van der Waals surface area (Å²) in [6.07, 6.45) is 3.14. The van der Waals surface area contributed by atoms with Crippen molar-refractivity contribution in [3.63, 3.8) is 0 Å². The number of ether oxygens (including phenoxy) is 1. The maximum absolute atomic E-state index is 11.3. The summed E-state index contributed by atoms with van der Waals surface area (Å²) < 4.78 is 4.68. The van der Waals surface area contributed by atoms with Gasteiger partial charge in [0.15, 0.2) is 0 Å². The van der Waals surface area contributed by atoms with Crippen LogP contribution in [0.4, 0.5) is 0 Å². The van der Waals surface area contributed by atoms with E-state index >= 15 is 0 Å². The highest BCUT2D eigenvalue weighted by Gasteiger charge is 2.18. The second kappa shape index (κ2) is 4.03. The van der Waals surface area contributed by atoms with Crippen LogP contribution in [0.3, 0.4) is 0 Å². The molecule has 0 heterocycles. The molecule has 1 aliphatic rings. The minimum absolute atomic E-state index is 0.125. The average molecular weight is 205 g/mol. The van der Waals surface area contributed by atoms with Gasteiger partial charge >= 0.3 is 5.97 Å². The monoisotopic (exact) mass is 205 g/mol. The zero-order chi connectivity index (χ0) is 10.8. The number of aryl methyl sites for hydroxylation is 1. The molecule has 0 amide bonds. The Morgan fingerprint density at radius 3 is 3.07 bits per heavy atom. The lowest BCUT2D eigenvalue weighted by Gasteiger charge is -2.22. The van der Waals surface area contributed by atoms with Crippen molar-refractivity contribution in [1.82, 2.24) is 0 Å². The van der Waals surface area contributed by atoms with E-state index in [0.717, 1.165) is 19.3 Å². The zero-order valence-electron chi connectivity index (χ0n) is 8.82. The molecule has 0 aromatic heterocycles. The Labute approximate surface area is 89.2 Å². The van der Waals surface area contributed by atoms with E-state index in [1.54, 1.807) is 6.07 Å². The summed E-state index contributed by atoms with van der Waals surface area (Å²) in [5, 5.41) is 0. The molecule has 15 heavy (non-hydrogen) atoms. The highest BCUT2D eigenvalue weighted by molar-refractivity contribution is 5.89. The molecule has 1 aromatic rings. The molecule has 0 radical (unpaired) electrons. The first-order valence-electron chi connectivity index (χ1n) is 5.19. The van der Waals surface area contributed by atoms with Gasteiger partial charge in [-0.1, -0.05) is 6.07 Å². The number of nitrogens with two attached hydrogens (primary N) is 1. The third kappa shape index (κ3) is 1.88.